The first-order valence-electron chi connectivity index (χ1n) is 16.2. The maximum atomic E-state index is 12.7. The van der Waals surface area contributed by atoms with Crippen molar-refractivity contribution in [3.8, 4) is 0 Å². The molecule has 1 aliphatic heterocycles. The van der Waals surface area contributed by atoms with Crippen LogP contribution in [0.2, 0.25) is 0 Å². The first-order chi connectivity index (χ1) is 21.1. The molecule has 236 valence electrons. The lowest BCUT2D eigenvalue weighted by molar-refractivity contribution is -0.0711. The Kier molecular flexibility index (Phi) is 13.8. The fourth-order valence-corrected chi connectivity index (χ4v) is 5.69. The van der Waals surface area contributed by atoms with Crippen molar-refractivity contribution in [2.45, 2.75) is 121 Å². The molecule has 3 aromatic rings. The van der Waals surface area contributed by atoms with Crippen molar-refractivity contribution >= 4 is 22.9 Å². The molecule has 0 aliphatic carbocycles. The van der Waals surface area contributed by atoms with Crippen molar-refractivity contribution < 1.29 is 24.5 Å². The van der Waals surface area contributed by atoms with Crippen LogP contribution in [-0.4, -0.2) is 67.2 Å². The van der Waals surface area contributed by atoms with E-state index in [9.17, 15) is 15.0 Å². The molecule has 10 nitrogen and oxygen atoms in total. The van der Waals surface area contributed by atoms with E-state index in [0.29, 0.717) is 23.3 Å². The normalized spacial score (nSPS) is 20.2. The smallest absolute Gasteiger partial charge is 0.256 e. The second-order valence-electron chi connectivity index (χ2n) is 11.5. The van der Waals surface area contributed by atoms with Crippen LogP contribution >= 0.6 is 0 Å². The molecule has 1 saturated heterocycles. The lowest BCUT2D eigenvalue weighted by Gasteiger charge is -2.22. The molecule has 10 heteroatoms. The number of aliphatic hydroxyl groups excluding tert-OH is 2. The molecule has 1 aromatic carbocycles. The minimum Gasteiger partial charge on any atom is -0.394 e. The second kappa shape index (κ2) is 18.0. The maximum absolute atomic E-state index is 12.7. The van der Waals surface area contributed by atoms with Crippen molar-refractivity contribution in [3.63, 3.8) is 0 Å². The zero-order chi connectivity index (χ0) is 30.3. The van der Waals surface area contributed by atoms with Crippen LogP contribution in [0.15, 0.2) is 43.0 Å². The standard InChI is InChI=1S/C33H49N5O5/c1-2-3-4-5-6-7-8-9-10-11-12-13-14-18-21-42-29-28(40)26(22-39)43-33(29)38-24-36-27-30(34-23-35-31(27)38)37-32(41)25-19-16-15-17-20-25/h15-17,19-20,23-24,26,28-29,33,39-40H,2-14,18,21-22H2,1H3,(H,34,35,37,41)/t26-,28-,29-,33?/m1/s1. The number of nitrogens with zero attached hydrogens (tertiary/aromatic N) is 4. The first kappa shape index (κ1) is 33.0. The van der Waals surface area contributed by atoms with E-state index in [2.05, 4.69) is 27.2 Å². The van der Waals surface area contributed by atoms with Crippen LogP contribution in [0.25, 0.3) is 11.2 Å². The summed E-state index contributed by atoms with van der Waals surface area (Å²) in [6.07, 6.45) is 17.6. The fraction of sp³-hybridized carbons (Fsp3) is 0.636. The Morgan fingerprint density at radius 2 is 1.53 bits per heavy atom. The van der Waals surface area contributed by atoms with Gasteiger partial charge in [0.1, 0.15) is 24.6 Å². The Labute approximate surface area is 255 Å². The summed E-state index contributed by atoms with van der Waals surface area (Å²) in [5.74, 6) is -0.0351. The van der Waals surface area contributed by atoms with E-state index in [4.69, 9.17) is 9.47 Å². The van der Waals surface area contributed by atoms with E-state index < -0.39 is 24.5 Å². The predicted octanol–water partition coefficient (Wildman–Crippen LogP) is 6.20. The summed E-state index contributed by atoms with van der Waals surface area (Å²) in [6.45, 7) is 2.41. The SMILES string of the molecule is CCCCCCCCCCCCCCCCO[C@H]1C(n2cnc3c(NC(=O)c4ccccc4)ncnc32)O[C@H](CO)[C@H]1O. The largest absolute Gasteiger partial charge is 0.394 e. The Hall–Kier alpha value is -2.92. The number of aliphatic hydroxyl groups is 2. The van der Waals surface area contributed by atoms with Gasteiger partial charge in [-0.05, 0) is 18.6 Å². The van der Waals surface area contributed by atoms with E-state index in [-0.39, 0.29) is 18.3 Å². The average molecular weight is 596 g/mol. The number of carbonyl (C=O) groups excluding carboxylic acids is 1. The molecule has 1 amide bonds. The van der Waals surface area contributed by atoms with Crippen LogP contribution < -0.4 is 5.32 Å². The van der Waals surface area contributed by atoms with Gasteiger partial charge in [-0.3, -0.25) is 9.36 Å². The van der Waals surface area contributed by atoms with Crippen molar-refractivity contribution in [1.82, 2.24) is 19.5 Å². The van der Waals surface area contributed by atoms with Gasteiger partial charge in [-0.25, -0.2) is 15.0 Å². The molecule has 0 spiro atoms. The zero-order valence-corrected chi connectivity index (χ0v) is 25.6. The molecule has 0 bridgehead atoms. The van der Waals surface area contributed by atoms with E-state index in [1.807, 2.05) is 6.07 Å². The van der Waals surface area contributed by atoms with Gasteiger partial charge in [0.25, 0.3) is 5.91 Å². The van der Waals surface area contributed by atoms with Gasteiger partial charge in [-0.2, -0.15) is 0 Å². The Morgan fingerprint density at radius 1 is 0.907 bits per heavy atom. The quantitative estimate of drug-likeness (QED) is 0.132. The van der Waals surface area contributed by atoms with Crippen LogP contribution in [0.5, 0.6) is 0 Å². The number of hydrogen-bond acceptors (Lipinski definition) is 8. The van der Waals surface area contributed by atoms with Crippen LogP contribution in [0.3, 0.4) is 0 Å². The molecule has 1 fully saturated rings. The lowest BCUT2D eigenvalue weighted by atomic mass is 10.0. The first-order valence-corrected chi connectivity index (χ1v) is 16.2. The number of amides is 1. The number of imidazole rings is 1. The number of nitrogens with one attached hydrogen (secondary N) is 1. The Bertz CT molecular complexity index is 1220. The number of rotatable bonds is 20. The van der Waals surface area contributed by atoms with Crippen molar-refractivity contribution in [3.05, 3.63) is 48.5 Å². The van der Waals surface area contributed by atoms with Gasteiger partial charge in [0.2, 0.25) is 0 Å². The Balaban J connectivity index is 1.22. The fourth-order valence-electron chi connectivity index (χ4n) is 5.69. The highest BCUT2D eigenvalue weighted by Gasteiger charge is 2.45. The molecule has 4 rings (SSSR count). The second-order valence-corrected chi connectivity index (χ2v) is 11.5. The van der Waals surface area contributed by atoms with Crippen molar-refractivity contribution in [2.75, 3.05) is 18.5 Å². The third-order valence-corrected chi connectivity index (χ3v) is 8.20. The van der Waals surface area contributed by atoms with Gasteiger partial charge in [-0.15, -0.1) is 0 Å². The molecule has 43 heavy (non-hydrogen) atoms. The minimum atomic E-state index is -1.00. The molecule has 1 aliphatic rings. The summed E-state index contributed by atoms with van der Waals surface area (Å²) in [5.41, 5.74) is 1.32. The number of aromatic nitrogens is 4. The van der Waals surface area contributed by atoms with E-state index in [1.54, 1.807) is 28.8 Å². The van der Waals surface area contributed by atoms with Crippen molar-refractivity contribution in [1.29, 1.82) is 0 Å². The van der Waals surface area contributed by atoms with Gasteiger partial charge >= 0.3 is 0 Å². The Morgan fingerprint density at radius 3 is 2.16 bits per heavy atom. The summed E-state index contributed by atoms with van der Waals surface area (Å²) in [5, 5.41) is 23.5. The van der Waals surface area contributed by atoms with Gasteiger partial charge in [-0.1, -0.05) is 109 Å². The molecular formula is C33H49N5O5. The third kappa shape index (κ3) is 9.53. The highest BCUT2D eigenvalue weighted by molar-refractivity contribution is 6.06. The molecule has 0 saturated carbocycles. The number of carbonyl (C=O) groups is 1. The maximum Gasteiger partial charge on any atom is 0.256 e. The summed E-state index contributed by atoms with van der Waals surface area (Å²) < 4.78 is 13.8. The molecule has 0 radical (unpaired) electrons. The number of unbranched alkanes of at least 4 members (excludes halogenated alkanes) is 13. The van der Waals surface area contributed by atoms with Gasteiger partial charge in [0.15, 0.2) is 23.2 Å². The monoisotopic (exact) mass is 595 g/mol. The van der Waals surface area contributed by atoms with Crippen molar-refractivity contribution in [2.24, 2.45) is 0 Å². The molecule has 2 aromatic heterocycles. The van der Waals surface area contributed by atoms with E-state index in [0.717, 1.165) is 12.8 Å². The summed E-state index contributed by atoms with van der Waals surface area (Å²) in [6, 6.07) is 8.86. The van der Waals surface area contributed by atoms with Gasteiger partial charge in [0.05, 0.1) is 12.9 Å². The van der Waals surface area contributed by atoms with Crippen LogP contribution in [0.4, 0.5) is 5.82 Å². The number of anilines is 1. The average Bonchev–Trinajstić information content (AvgIpc) is 3.60. The third-order valence-electron chi connectivity index (χ3n) is 8.20. The zero-order valence-electron chi connectivity index (χ0n) is 25.6. The molecule has 3 heterocycles. The lowest BCUT2D eigenvalue weighted by Crippen LogP contribution is -2.35. The topological polar surface area (TPSA) is 132 Å². The van der Waals surface area contributed by atoms with Gasteiger partial charge < -0.3 is 25.0 Å². The highest BCUT2D eigenvalue weighted by atomic mass is 16.6. The predicted molar refractivity (Wildman–Crippen MR) is 167 cm³/mol. The number of benzene rings is 1. The molecular weight excluding hydrogens is 546 g/mol. The van der Waals surface area contributed by atoms with Gasteiger partial charge in [0, 0.05) is 12.2 Å². The molecule has 3 N–H and O–H groups in total. The minimum absolute atomic E-state index is 0.273. The van der Waals surface area contributed by atoms with Crippen LogP contribution in [0.1, 0.15) is 113 Å². The van der Waals surface area contributed by atoms with Crippen LogP contribution in [-0.2, 0) is 9.47 Å². The van der Waals surface area contributed by atoms with Crippen LogP contribution in [0, 0.1) is 0 Å². The van der Waals surface area contributed by atoms with E-state index in [1.165, 1.54) is 89.7 Å². The summed E-state index contributed by atoms with van der Waals surface area (Å²) in [7, 11) is 0. The van der Waals surface area contributed by atoms with E-state index >= 15 is 0 Å². The molecule has 4 atom stereocenters. The number of fused-ring (bicyclic) bond motifs is 1. The summed E-state index contributed by atoms with van der Waals surface area (Å²) in [4.78, 5) is 25.7. The number of ether oxygens (including phenoxy) is 2. The molecule has 1 unspecified atom stereocenters. The number of hydrogen-bond donors (Lipinski definition) is 3. The summed E-state index contributed by atoms with van der Waals surface area (Å²) >= 11 is 0. The highest BCUT2D eigenvalue weighted by Crippen LogP contribution is 2.34.